The van der Waals surface area contributed by atoms with Crippen LogP contribution in [0.25, 0.3) is 0 Å². The molecule has 0 saturated carbocycles. The third-order valence-corrected chi connectivity index (χ3v) is 5.42. The molecular weight excluding hydrogens is 304 g/mol. The molecule has 1 amide bonds. The van der Waals surface area contributed by atoms with E-state index in [2.05, 4.69) is 10.2 Å². The highest BCUT2D eigenvalue weighted by Gasteiger charge is 2.39. The molecule has 132 valence electrons. The Morgan fingerprint density at radius 1 is 1.38 bits per heavy atom. The smallest absolute Gasteiger partial charge is 0.230 e. The Kier molecular flexibility index (Phi) is 5.41. The number of benzene rings is 1. The molecule has 0 spiro atoms. The van der Waals surface area contributed by atoms with Crippen LogP contribution >= 0.6 is 0 Å². The van der Waals surface area contributed by atoms with Crippen molar-refractivity contribution < 1.29 is 14.3 Å². The lowest BCUT2D eigenvalue weighted by atomic mass is 9.77. The fourth-order valence-electron chi connectivity index (χ4n) is 3.68. The van der Waals surface area contributed by atoms with E-state index >= 15 is 0 Å². The number of nitrogens with one attached hydrogen (secondary N) is 1. The molecule has 5 heteroatoms. The molecule has 2 aliphatic heterocycles. The van der Waals surface area contributed by atoms with Crippen molar-refractivity contribution in [3.05, 3.63) is 29.8 Å². The van der Waals surface area contributed by atoms with Crippen LogP contribution in [0, 0.1) is 0 Å². The van der Waals surface area contributed by atoms with Crippen LogP contribution in [-0.2, 0) is 14.9 Å². The number of hydrogen-bond acceptors (Lipinski definition) is 4. The van der Waals surface area contributed by atoms with Gasteiger partial charge in [-0.1, -0.05) is 18.2 Å². The molecule has 0 aliphatic carbocycles. The Hall–Kier alpha value is -1.59. The van der Waals surface area contributed by atoms with Gasteiger partial charge in [-0.25, -0.2) is 0 Å². The van der Waals surface area contributed by atoms with Crippen molar-refractivity contribution in [2.24, 2.45) is 0 Å². The lowest BCUT2D eigenvalue weighted by Gasteiger charge is -2.35. The number of piperidine rings is 1. The number of likely N-dealkylation sites (tertiary alicyclic amines) is 1. The van der Waals surface area contributed by atoms with Gasteiger partial charge in [0.1, 0.15) is 5.75 Å². The van der Waals surface area contributed by atoms with E-state index in [4.69, 9.17) is 9.47 Å². The number of para-hydroxylation sites is 1. The van der Waals surface area contributed by atoms with E-state index in [0.717, 1.165) is 50.2 Å². The van der Waals surface area contributed by atoms with Crippen molar-refractivity contribution in [3.63, 3.8) is 0 Å². The summed E-state index contributed by atoms with van der Waals surface area (Å²) in [5, 5.41) is 3.14. The first-order chi connectivity index (χ1) is 11.6. The van der Waals surface area contributed by atoms with Gasteiger partial charge in [0, 0.05) is 38.9 Å². The van der Waals surface area contributed by atoms with Crippen LogP contribution in [0.5, 0.6) is 5.75 Å². The number of hydrogen-bond donors (Lipinski definition) is 1. The topological polar surface area (TPSA) is 50.8 Å². The second-order valence-electron chi connectivity index (χ2n) is 6.96. The zero-order chi connectivity index (χ0) is 17.0. The van der Waals surface area contributed by atoms with E-state index < -0.39 is 5.41 Å². The van der Waals surface area contributed by atoms with Gasteiger partial charge in [0.05, 0.1) is 18.1 Å². The molecule has 2 heterocycles. The summed E-state index contributed by atoms with van der Waals surface area (Å²) in [4.78, 5) is 15.2. The number of ether oxygens (including phenoxy) is 2. The van der Waals surface area contributed by atoms with Crippen LogP contribution in [0.15, 0.2) is 24.3 Å². The second-order valence-corrected chi connectivity index (χ2v) is 6.96. The maximum atomic E-state index is 12.8. The van der Waals surface area contributed by atoms with Crippen molar-refractivity contribution in [3.8, 4) is 5.75 Å². The van der Waals surface area contributed by atoms with Crippen molar-refractivity contribution >= 4 is 5.91 Å². The van der Waals surface area contributed by atoms with E-state index in [0.29, 0.717) is 19.3 Å². The molecule has 1 unspecified atom stereocenters. The lowest BCUT2D eigenvalue weighted by Crippen LogP contribution is -2.48. The van der Waals surface area contributed by atoms with Gasteiger partial charge in [0.15, 0.2) is 0 Å². The summed E-state index contributed by atoms with van der Waals surface area (Å²) >= 11 is 0. The van der Waals surface area contributed by atoms with E-state index in [1.54, 1.807) is 7.11 Å². The summed E-state index contributed by atoms with van der Waals surface area (Å²) in [5.74, 6) is 0.938. The molecule has 0 aromatic heterocycles. The fraction of sp³-hybridized carbons (Fsp3) is 0.632. The number of methoxy groups -OCH3 is 1. The van der Waals surface area contributed by atoms with Gasteiger partial charge in [-0.3, -0.25) is 4.79 Å². The summed E-state index contributed by atoms with van der Waals surface area (Å²) in [6.45, 7) is 6.29. The van der Waals surface area contributed by atoms with Gasteiger partial charge in [0.25, 0.3) is 0 Å². The third-order valence-electron chi connectivity index (χ3n) is 5.42. The molecule has 1 saturated heterocycles. The Morgan fingerprint density at radius 2 is 2.12 bits per heavy atom. The van der Waals surface area contributed by atoms with Crippen LogP contribution < -0.4 is 10.1 Å². The van der Waals surface area contributed by atoms with Crippen molar-refractivity contribution in [2.45, 2.75) is 37.7 Å². The minimum Gasteiger partial charge on any atom is -0.493 e. The Bertz CT molecular complexity index is 569. The fourth-order valence-corrected chi connectivity index (χ4v) is 3.68. The molecule has 5 nitrogen and oxygen atoms in total. The summed E-state index contributed by atoms with van der Waals surface area (Å²) in [6, 6.07) is 7.87. The predicted molar refractivity (Wildman–Crippen MR) is 93.4 cm³/mol. The first-order valence-electron chi connectivity index (χ1n) is 8.89. The van der Waals surface area contributed by atoms with Crippen LogP contribution in [0.2, 0.25) is 0 Å². The van der Waals surface area contributed by atoms with Crippen molar-refractivity contribution in [2.75, 3.05) is 39.9 Å². The van der Waals surface area contributed by atoms with Crippen LogP contribution in [0.1, 0.15) is 31.7 Å². The molecule has 3 rings (SSSR count). The largest absolute Gasteiger partial charge is 0.493 e. The molecule has 0 radical (unpaired) electrons. The summed E-state index contributed by atoms with van der Waals surface area (Å²) in [5.41, 5.74) is 0.493. The van der Waals surface area contributed by atoms with E-state index in [9.17, 15) is 4.79 Å². The van der Waals surface area contributed by atoms with E-state index in [1.165, 1.54) is 0 Å². The zero-order valence-electron chi connectivity index (χ0n) is 14.7. The summed E-state index contributed by atoms with van der Waals surface area (Å²) in [6.07, 6.45) is 3.27. The van der Waals surface area contributed by atoms with Gasteiger partial charge < -0.3 is 19.7 Å². The maximum absolute atomic E-state index is 12.8. The van der Waals surface area contributed by atoms with Gasteiger partial charge >= 0.3 is 0 Å². The number of fused-ring (bicyclic) bond motifs is 1. The number of rotatable bonds is 5. The van der Waals surface area contributed by atoms with Gasteiger partial charge in [-0.15, -0.1) is 0 Å². The molecule has 1 N–H and O–H groups in total. The number of nitrogens with zero attached hydrogens (tertiary/aromatic N) is 1. The highest BCUT2D eigenvalue weighted by Crippen LogP contribution is 2.38. The second kappa shape index (κ2) is 7.53. The van der Waals surface area contributed by atoms with Crippen molar-refractivity contribution in [1.29, 1.82) is 0 Å². The highest BCUT2D eigenvalue weighted by molar-refractivity contribution is 5.88. The molecule has 24 heavy (non-hydrogen) atoms. The SMILES string of the molecule is COC1CCN(CCNC(=O)C2(C)CCOc3ccccc32)CC1. The molecular formula is C19H28N2O3. The Morgan fingerprint density at radius 3 is 2.88 bits per heavy atom. The predicted octanol–water partition coefficient (Wildman–Crippen LogP) is 1.95. The molecule has 1 aromatic carbocycles. The van der Waals surface area contributed by atoms with Crippen molar-refractivity contribution in [1.82, 2.24) is 10.2 Å². The first kappa shape index (κ1) is 17.2. The van der Waals surface area contributed by atoms with Gasteiger partial charge in [-0.2, -0.15) is 0 Å². The Balaban J connectivity index is 1.52. The minimum atomic E-state index is -0.502. The molecule has 0 bridgehead atoms. The van der Waals surface area contributed by atoms with Crippen LogP contribution in [0.3, 0.4) is 0 Å². The normalized spacial score (nSPS) is 24.9. The Labute approximate surface area is 144 Å². The molecule has 1 atom stereocenters. The number of carbonyl (C=O) groups is 1. The average Bonchev–Trinajstić information content (AvgIpc) is 2.62. The standard InChI is InChI=1S/C19H28N2O3/c1-19(9-14-24-17-6-4-3-5-16(17)19)18(22)20-10-13-21-11-7-15(23-2)8-12-21/h3-6,15H,7-14H2,1-2H3,(H,20,22). The number of carbonyl (C=O) groups excluding carboxylic acids is 1. The minimum absolute atomic E-state index is 0.102. The quantitative estimate of drug-likeness (QED) is 0.895. The van der Waals surface area contributed by atoms with Crippen LogP contribution in [-0.4, -0.2) is 56.8 Å². The van der Waals surface area contributed by atoms with Gasteiger partial charge in [0.2, 0.25) is 5.91 Å². The zero-order valence-corrected chi connectivity index (χ0v) is 14.7. The highest BCUT2D eigenvalue weighted by atomic mass is 16.5. The van der Waals surface area contributed by atoms with E-state index in [1.807, 2.05) is 31.2 Å². The lowest BCUT2D eigenvalue weighted by molar-refractivity contribution is -0.127. The van der Waals surface area contributed by atoms with Crippen LogP contribution in [0.4, 0.5) is 0 Å². The number of amides is 1. The monoisotopic (exact) mass is 332 g/mol. The first-order valence-corrected chi connectivity index (χ1v) is 8.89. The van der Waals surface area contributed by atoms with E-state index in [-0.39, 0.29) is 5.91 Å². The molecule has 1 fully saturated rings. The molecule has 1 aromatic rings. The molecule has 2 aliphatic rings. The average molecular weight is 332 g/mol. The third kappa shape index (κ3) is 3.57. The van der Waals surface area contributed by atoms with Gasteiger partial charge in [-0.05, 0) is 32.3 Å². The maximum Gasteiger partial charge on any atom is 0.230 e. The summed E-state index contributed by atoms with van der Waals surface area (Å²) in [7, 11) is 1.78. The summed E-state index contributed by atoms with van der Waals surface area (Å²) < 4.78 is 11.1.